The van der Waals surface area contributed by atoms with Crippen molar-refractivity contribution in [1.82, 2.24) is 14.9 Å². The zero-order chi connectivity index (χ0) is 12.3. The fraction of sp³-hybridized carbons (Fsp3) is 0.533. The van der Waals surface area contributed by atoms with Crippen molar-refractivity contribution >= 4 is 23.4 Å². The van der Waals surface area contributed by atoms with Gasteiger partial charge in [-0.05, 0) is 54.9 Å². The molecule has 0 saturated carbocycles. The van der Waals surface area contributed by atoms with Gasteiger partial charge in [-0.3, -0.25) is 0 Å². The number of halogens is 1. The summed E-state index contributed by atoms with van der Waals surface area (Å²) in [6.45, 7) is 4.37. The van der Waals surface area contributed by atoms with Crippen molar-refractivity contribution in [3.63, 3.8) is 0 Å². The van der Waals surface area contributed by atoms with Gasteiger partial charge in [0.25, 0.3) is 0 Å². The van der Waals surface area contributed by atoms with Crippen LogP contribution in [0, 0.1) is 6.92 Å². The summed E-state index contributed by atoms with van der Waals surface area (Å²) in [5.74, 6) is 2.51. The maximum Gasteiger partial charge on any atom is 0.106 e. The summed E-state index contributed by atoms with van der Waals surface area (Å²) in [7, 11) is 2.12. The van der Waals surface area contributed by atoms with Crippen molar-refractivity contribution in [2.24, 2.45) is 7.05 Å². The van der Waals surface area contributed by atoms with Gasteiger partial charge < -0.3 is 9.88 Å². The smallest absolute Gasteiger partial charge is 0.106 e. The number of aryl methyl sites for hydroxylation is 2. The number of rotatable bonds is 0. The second-order valence-corrected chi connectivity index (χ2v) is 5.82. The van der Waals surface area contributed by atoms with Crippen molar-refractivity contribution in [2.45, 2.75) is 31.6 Å². The number of aromatic nitrogens is 2. The molecule has 1 aromatic carbocycles. The number of nitrogens with one attached hydrogen (secondary N) is 1. The van der Waals surface area contributed by atoms with E-state index in [4.69, 9.17) is 0 Å². The van der Waals surface area contributed by atoms with E-state index >= 15 is 0 Å². The summed E-state index contributed by atoms with van der Waals surface area (Å²) in [4.78, 5) is 4.68. The average Bonchev–Trinajstić information content (AvgIpc) is 2.60. The second-order valence-electron chi connectivity index (χ2n) is 5.82. The first kappa shape index (κ1) is 12.9. The van der Waals surface area contributed by atoms with Crippen LogP contribution in [0.2, 0.25) is 0 Å². The van der Waals surface area contributed by atoms with E-state index in [-0.39, 0.29) is 12.4 Å². The zero-order valence-corrected chi connectivity index (χ0v) is 12.3. The number of nitrogens with zero attached hydrogens (tertiary/aromatic N) is 2. The van der Waals surface area contributed by atoms with Gasteiger partial charge in [0.1, 0.15) is 5.82 Å². The molecule has 2 unspecified atom stereocenters. The topological polar surface area (TPSA) is 29.9 Å². The third-order valence-corrected chi connectivity index (χ3v) is 4.83. The third-order valence-electron chi connectivity index (χ3n) is 4.83. The van der Waals surface area contributed by atoms with Crippen molar-refractivity contribution < 1.29 is 0 Å². The quantitative estimate of drug-likeness (QED) is 0.802. The molecule has 0 radical (unpaired) electrons. The van der Waals surface area contributed by atoms with Crippen molar-refractivity contribution in [3.05, 3.63) is 29.1 Å². The highest BCUT2D eigenvalue weighted by Gasteiger charge is 2.31. The summed E-state index contributed by atoms with van der Waals surface area (Å²) < 4.78 is 2.21. The molecule has 1 aromatic heterocycles. The Morgan fingerprint density at radius 2 is 1.79 bits per heavy atom. The first-order chi connectivity index (χ1) is 8.74. The molecule has 4 heteroatoms. The molecule has 3 nitrogen and oxygen atoms in total. The Labute approximate surface area is 119 Å². The van der Waals surface area contributed by atoms with Crippen LogP contribution in [0.1, 0.15) is 41.6 Å². The minimum atomic E-state index is 0. The van der Waals surface area contributed by atoms with Crippen molar-refractivity contribution in [1.29, 1.82) is 0 Å². The molecule has 102 valence electrons. The summed E-state index contributed by atoms with van der Waals surface area (Å²) >= 11 is 0. The lowest BCUT2D eigenvalue weighted by Gasteiger charge is -2.26. The van der Waals surface area contributed by atoms with Crippen LogP contribution in [0.3, 0.4) is 0 Å². The Hall–Kier alpha value is -1.06. The molecule has 2 aromatic rings. The summed E-state index contributed by atoms with van der Waals surface area (Å²) in [5.41, 5.74) is 5.59. The Bertz CT molecular complexity index is 628. The van der Waals surface area contributed by atoms with E-state index in [1.807, 2.05) is 0 Å². The Morgan fingerprint density at radius 1 is 1.16 bits per heavy atom. The number of imidazole rings is 1. The lowest BCUT2D eigenvalue weighted by atomic mass is 9.78. The summed E-state index contributed by atoms with van der Waals surface area (Å²) in [5, 5.41) is 3.60. The van der Waals surface area contributed by atoms with E-state index in [0.29, 0.717) is 11.8 Å². The fourth-order valence-electron chi connectivity index (χ4n) is 3.67. The number of fused-ring (bicyclic) bond motifs is 4. The molecule has 1 N–H and O–H groups in total. The SMILES string of the molecule is Cc1nc2cc3c(cc2n1C)C1CCC3CNC1.Cl. The van der Waals surface area contributed by atoms with E-state index in [9.17, 15) is 0 Å². The van der Waals surface area contributed by atoms with Crippen LogP contribution in [-0.2, 0) is 7.05 Å². The molecule has 19 heavy (non-hydrogen) atoms. The number of hydrogen-bond donors (Lipinski definition) is 1. The van der Waals surface area contributed by atoms with Crippen LogP contribution in [0.15, 0.2) is 12.1 Å². The van der Waals surface area contributed by atoms with E-state index in [1.165, 1.54) is 23.9 Å². The predicted molar refractivity (Wildman–Crippen MR) is 80.3 cm³/mol. The second kappa shape index (κ2) is 4.50. The van der Waals surface area contributed by atoms with Gasteiger partial charge in [-0.2, -0.15) is 0 Å². The molecule has 1 saturated heterocycles. The van der Waals surface area contributed by atoms with Gasteiger partial charge in [0.2, 0.25) is 0 Å². The van der Waals surface area contributed by atoms with Crippen LogP contribution >= 0.6 is 12.4 Å². The molecule has 3 aliphatic rings. The highest BCUT2D eigenvalue weighted by Crippen LogP contribution is 2.42. The molecule has 2 bridgehead atoms. The predicted octanol–water partition coefficient (Wildman–Crippen LogP) is 2.87. The van der Waals surface area contributed by atoms with Crippen LogP contribution in [0.5, 0.6) is 0 Å². The van der Waals surface area contributed by atoms with E-state index in [2.05, 4.69) is 41.0 Å². The summed E-state index contributed by atoms with van der Waals surface area (Å²) in [6, 6.07) is 4.75. The Balaban J connectivity index is 0.00000110. The lowest BCUT2D eigenvalue weighted by molar-refractivity contribution is 0.550. The average molecular weight is 278 g/mol. The van der Waals surface area contributed by atoms with Crippen molar-refractivity contribution in [3.8, 4) is 0 Å². The van der Waals surface area contributed by atoms with E-state index in [1.54, 1.807) is 11.1 Å². The lowest BCUT2D eigenvalue weighted by Crippen LogP contribution is -2.18. The van der Waals surface area contributed by atoms with E-state index < -0.39 is 0 Å². The fourth-order valence-corrected chi connectivity index (χ4v) is 3.67. The van der Waals surface area contributed by atoms with Gasteiger partial charge in [0.15, 0.2) is 0 Å². The first-order valence-corrected chi connectivity index (χ1v) is 6.91. The molecular formula is C15H20ClN3. The molecule has 2 atom stereocenters. The normalized spacial score (nSPS) is 24.9. The van der Waals surface area contributed by atoms with Crippen LogP contribution in [-0.4, -0.2) is 22.6 Å². The monoisotopic (exact) mass is 277 g/mol. The van der Waals surface area contributed by atoms with Crippen LogP contribution in [0.25, 0.3) is 11.0 Å². The molecule has 1 fully saturated rings. The maximum absolute atomic E-state index is 4.68. The molecule has 3 heterocycles. The Kier molecular flexibility index (Phi) is 3.06. The van der Waals surface area contributed by atoms with Gasteiger partial charge in [-0.25, -0.2) is 4.98 Å². The van der Waals surface area contributed by atoms with Gasteiger partial charge in [0, 0.05) is 20.1 Å². The standard InChI is InChI=1S/C15H19N3.ClH/c1-9-17-14-5-12-10-3-4-11(8-16-7-10)13(12)6-15(14)18(9)2;/h5-6,10-11,16H,3-4,7-8H2,1-2H3;1H. The van der Waals surface area contributed by atoms with Gasteiger partial charge in [0.05, 0.1) is 11.0 Å². The first-order valence-electron chi connectivity index (χ1n) is 6.91. The van der Waals surface area contributed by atoms with E-state index in [0.717, 1.165) is 18.9 Å². The maximum atomic E-state index is 4.68. The molecule has 0 amide bonds. The number of benzene rings is 1. The molecule has 1 aliphatic carbocycles. The highest BCUT2D eigenvalue weighted by molar-refractivity contribution is 5.85. The van der Waals surface area contributed by atoms with Gasteiger partial charge in [-0.15, -0.1) is 12.4 Å². The van der Waals surface area contributed by atoms with Gasteiger partial charge in [-0.1, -0.05) is 0 Å². The summed E-state index contributed by atoms with van der Waals surface area (Å²) in [6.07, 6.45) is 2.68. The third kappa shape index (κ3) is 1.79. The highest BCUT2D eigenvalue weighted by atomic mass is 35.5. The zero-order valence-electron chi connectivity index (χ0n) is 11.4. The molecule has 2 aliphatic heterocycles. The van der Waals surface area contributed by atoms with Crippen LogP contribution in [0.4, 0.5) is 0 Å². The van der Waals surface area contributed by atoms with Crippen molar-refractivity contribution in [2.75, 3.05) is 13.1 Å². The minimum Gasteiger partial charge on any atom is -0.331 e. The minimum absolute atomic E-state index is 0. The number of hydrogen-bond acceptors (Lipinski definition) is 2. The van der Waals surface area contributed by atoms with Gasteiger partial charge >= 0.3 is 0 Å². The Morgan fingerprint density at radius 3 is 2.47 bits per heavy atom. The largest absolute Gasteiger partial charge is 0.331 e. The van der Waals surface area contributed by atoms with Crippen LogP contribution < -0.4 is 5.32 Å². The molecule has 0 spiro atoms. The molecule has 5 rings (SSSR count). The molecular weight excluding hydrogens is 258 g/mol.